The van der Waals surface area contributed by atoms with Crippen LogP contribution in [0.4, 0.5) is 0 Å². The van der Waals surface area contributed by atoms with Crippen molar-refractivity contribution in [2.24, 2.45) is 0 Å². The Kier molecular flexibility index (Phi) is 6.84. The van der Waals surface area contributed by atoms with E-state index in [0.717, 1.165) is 25.7 Å². The standard InChI is InChI=1S/C17H25N3O4/c1-23-15-8-7-13(16(19-15)24-2)17(22)20-11-6-4-3-5-10-18-14(21)9-12-20/h7-8H,3-6,9-12H2,1-2H3,(H,18,21). The van der Waals surface area contributed by atoms with Crippen LogP contribution in [-0.4, -0.2) is 55.6 Å². The van der Waals surface area contributed by atoms with Crippen LogP contribution in [0.3, 0.4) is 0 Å². The molecule has 1 fully saturated rings. The van der Waals surface area contributed by atoms with E-state index in [0.29, 0.717) is 37.5 Å². The third-order valence-electron chi connectivity index (χ3n) is 4.04. The number of pyridine rings is 1. The molecule has 1 aromatic heterocycles. The molecule has 1 aliphatic rings. The molecule has 0 aliphatic carbocycles. The van der Waals surface area contributed by atoms with Crippen molar-refractivity contribution < 1.29 is 19.1 Å². The number of carbonyl (C=O) groups excluding carboxylic acids is 2. The van der Waals surface area contributed by atoms with Crippen molar-refractivity contribution in [2.75, 3.05) is 33.9 Å². The normalized spacial score (nSPS) is 16.8. The smallest absolute Gasteiger partial charge is 0.259 e. The Balaban J connectivity index is 2.16. The van der Waals surface area contributed by atoms with E-state index in [2.05, 4.69) is 10.3 Å². The second-order valence-electron chi connectivity index (χ2n) is 5.72. The van der Waals surface area contributed by atoms with Gasteiger partial charge in [-0.2, -0.15) is 4.98 Å². The summed E-state index contributed by atoms with van der Waals surface area (Å²) in [6.45, 7) is 1.73. The SMILES string of the molecule is COc1ccc(C(=O)N2CCCCCCNC(=O)CC2)c(OC)n1. The van der Waals surface area contributed by atoms with Gasteiger partial charge in [0.1, 0.15) is 5.56 Å². The van der Waals surface area contributed by atoms with E-state index in [1.165, 1.54) is 14.2 Å². The van der Waals surface area contributed by atoms with Crippen molar-refractivity contribution in [1.29, 1.82) is 0 Å². The predicted molar refractivity (Wildman–Crippen MR) is 89.3 cm³/mol. The average molecular weight is 335 g/mol. The van der Waals surface area contributed by atoms with Gasteiger partial charge in [0, 0.05) is 32.1 Å². The van der Waals surface area contributed by atoms with Gasteiger partial charge >= 0.3 is 0 Å². The molecule has 0 unspecified atom stereocenters. The van der Waals surface area contributed by atoms with Crippen molar-refractivity contribution in [3.63, 3.8) is 0 Å². The zero-order valence-electron chi connectivity index (χ0n) is 14.3. The van der Waals surface area contributed by atoms with Crippen LogP contribution in [0.25, 0.3) is 0 Å². The minimum atomic E-state index is -0.172. The number of nitrogens with one attached hydrogen (secondary N) is 1. The monoisotopic (exact) mass is 335 g/mol. The van der Waals surface area contributed by atoms with Crippen LogP contribution in [0.1, 0.15) is 42.5 Å². The molecule has 1 aliphatic heterocycles. The summed E-state index contributed by atoms with van der Waals surface area (Å²) >= 11 is 0. The lowest BCUT2D eigenvalue weighted by Crippen LogP contribution is -2.36. The molecule has 2 amide bonds. The highest BCUT2D eigenvalue weighted by Crippen LogP contribution is 2.22. The van der Waals surface area contributed by atoms with E-state index in [-0.39, 0.29) is 17.7 Å². The fraction of sp³-hybridized carbons (Fsp3) is 0.588. The number of methoxy groups -OCH3 is 2. The first-order valence-corrected chi connectivity index (χ1v) is 8.30. The number of aromatic nitrogens is 1. The van der Waals surface area contributed by atoms with Crippen molar-refractivity contribution in [2.45, 2.75) is 32.1 Å². The first-order chi connectivity index (χ1) is 11.7. The molecular weight excluding hydrogens is 310 g/mol. The van der Waals surface area contributed by atoms with Crippen molar-refractivity contribution in [3.8, 4) is 11.8 Å². The molecular formula is C17H25N3O4. The summed E-state index contributed by atoms with van der Waals surface area (Å²) < 4.78 is 10.3. The lowest BCUT2D eigenvalue weighted by Gasteiger charge is -2.23. The van der Waals surface area contributed by atoms with Crippen LogP contribution >= 0.6 is 0 Å². The predicted octanol–water partition coefficient (Wildman–Crippen LogP) is 1.62. The topological polar surface area (TPSA) is 80.8 Å². The maximum Gasteiger partial charge on any atom is 0.259 e. The van der Waals surface area contributed by atoms with Crippen molar-refractivity contribution >= 4 is 11.8 Å². The van der Waals surface area contributed by atoms with Gasteiger partial charge in [0.05, 0.1) is 14.2 Å². The molecule has 0 spiro atoms. The van der Waals surface area contributed by atoms with E-state index in [1.807, 2.05) is 0 Å². The Morgan fingerprint density at radius 1 is 1.12 bits per heavy atom. The first-order valence-electron chi connectivity index (χ1n) is 8.30. The van der Waals surface area contributed by atoms with Gasteiger partial charge in [-0.3, -0.25) is 9.59 Å². The maximum absolute atomic E-state index is 12.9. The second-order valence-corrected chi connectivity index (χ2v) is 5.72. The molecule has 24 heavy (non-hydrogen) atoms. The van der Waals surface area contributed by atoms with Gasteiger partial charge in [-0.05, 0) is 18.9 Å². The van der Waals surface area contributed by atoms with Gasteiger partial charge in [-0.15, -0.1) is 0 Å². The molecule has 7 heteroatoms. The average Bonchev–Trinajstić information content (AvgIpc) is 2.66. The molecule has 7 nitrogen and oxygen atoms in total. The lowest BCUT2D eigenvalue weighted by atomic mass is 10.1. The second kappa shape index (κ2) is 9.10. The zero-order chi connectivity index (χ0) is 17.4. The Morgan fingerprint density at radius 2 is 1.92 bits per heavy atom. The van der Waals surface area contributed by atoms with Crippen LogP contribution in [0.2, 0.25) is 0 Å². The highest BCUT2D eigenvalue weighted by atomic mass is 16.5. The Labute approximate surface area is 142 Å². The molecule has 0 radical (unpaired) electrons. The number of rotatable bonds is 3. The number of ether oxygens (including phenoxy) is 2. The number of hydrogen-bond acceptors (Lipinski definition) is 5. The summed E-state index contributed by atoms with van der Waals surface area (Å²) in [7, 11) is 2.98. The largest absolute Gasteiger partial charge is 0.481 e. The van der Waals surface area contributed by atoms with E-state index in [4.69, 9.17) is 9.47 Å². The fourth-order valence-corrected chi connectivity index (χ4v) is 2.67. The number of amides is 2. The summed E-state index contributed by atoms with van der Waals surface area (Å²) in [6.07, 6.45) is 4.30. The summed E-state index contributed by atoms with van der Waals surface area (Å²) in [6, 6.07) is 3.28. The maximum atomic E-state index is 12.9. The van der Waals surface area contributed by atoms with Crippen molar-refractivity contribution in [1.82, 2.24) is 15.2 Å². The molecule has 1 aromatic rings. The van der Waals surface area contributed by atoms with E-state index < -0.39 is 0 Å². The number of hydrogen-bond donors (Lipinski definition) is 1. The number of carbonyl (C=O) groups is 2. The Morgan fingerprint density at radius 3 is 2.67 bits per heavy atom. The summed E-state index contributed by atoms with van der Waals surface area (Å²) in [5.41, 5.74) is 0.383. The minimum Gasteiger partial charge on any atom is -0.481 e. The fourth-order valence-electron chi connectivity index (χ4n) is 2.67. The van der Waals surface area contributed by atoms with Gasteiger partial charge in [-0.1, -0.05) is 12.8 Å². The third-order valence-corrected chi connectivity index (χ3v) is 4.04. The number of nitrogens with zero attached hydrogens (tertiary/aromatic N) is 2. The molecule has 1 saturated heterocycles. The van der Waals surface area contributed by atoms with E-state index >= 15 is 0 Å². The summed E-state index contributed by atoms with van der Waals surface area (Å²) in [5, 5.41) is 2.89. The van der Waals surface area contributed by atoms with Gasteiger partial charge < -0.3 is 19.7 Å². The van der Waals surface area contributed by atoms with Crippen LogP contribution in [-0.2, 0) is 4.79 Å². The Bertz CT molecular complexity index is 577. The van der Waals surface area contributed by atoms with E-state index in [1.54, 1.807) is 17.0 Å². The summed E-state index contributed by atoms with van der Waals surface area (Å²) in [4.78, 5) is 30.6. The quantitative estimate of drug-likeness (QED) is 0.908. The molecule has 0 bridgehead atoms. The minimum absolute atomic E-state index is 0.0190. The molecule has 0 aromatic carbocycles. The van der Waals surface area contributed by atoms with Gasteiger partial charge in [0.25, 0.3) is 5.91 Å². The highest BCUT2D eigenvalue weighted by molar-refractivity contribution is 5.96. The molecule has 0 atom stereocenters. The van der Waals surface area contributed by atoms with Gasteiger partial charge in [0.15, 0.2) is 0 Å². The summed E-state index contributed by atoms with van der Waals surface area (Å²) in [5.74, 6) is 0.432. The van der Waals surface area contributed by atoms with Crippen LogP contribution < -0.4 is 14.8 Å². The lowest BCUT2D eigenvalue weighted by molar-refractivity contribution is -0.121. The Hall–Kier alpha value is -2.31. The zero-order valence-corrected chi connectivity index (χ0v) is 14.3. The highest BCUT2D eigenvalue weighted by Gasteiger charge is 2.22. The van der Waals surface area contributed by atoms with Crippen LogP contribution in [0.5, 0.6) is 11.8 Å². The van der Waals surface area contributed by atoms with Gasteiger partial charge in [0.2, 0.25) is 17.7 Å². The first kappa shape index (κ1) is 18.0. The van der Waals surface area contributed by atoms with Crippen LogP contribution in [0.15, 0.2) is 12.1 Å². The third kappa shape index (κ3) is 4.84. The van der Waals surface area contributed by atoms with Gasteiger partial charge in [-0.25, -0.2) is 0 Å². The molecule has 2 heterocycles. The molecule has 1 N–H and O–H groups in total. The van der Waals surface area contributed by atoms with E-state index in [9.17, 15) is 9.59 Å². The molecule has 132 valence electrons. The molecule has 0 saturated carbocycles. The van der Waals surface area contributed by atoms with Crippen molar-refractivity contribution in [3.05, 3.63) is 17.7 Å². The molecule has 2 rings (SSSR count). The van der Waals surface area contributed by atoms with Crippen LogP contribution in [0, 0.1) is 0 Å².